The number of ketones is 4. The van der Waals surface area contributed by atoms with Crippen molar-refractivity contribution < 1.29 is 49.1 Å². The summed E-state index contributed by atoms with van der Waals surface area (Å²) in [4.78, 5) is 69.3. The molecular formula is C55H38O10. The van der Waals surface area contributed by atoms with Crippen LogP contribution < -0.4 is 4.74 Å². The van der Waals surface area contributed by atoms with Crippen molar-refractivity contribution in [3.05, 3.63) is 229 Å². The molecule has 0 unspecified atom stereocenters. The number of aliphatic hydroxyl groups excluding tert-OH is 4. The maximum atomic E-state index is 13.9. The molecule has 0 radical (unpaired) electrons. The van der Waals surface area contributed by atoms with Crippen LogP contribution in [0.3, 0.4) is 0 Å². The normalized spacial score (nSPS) is 15.9. The quantitative estimate of drug-likeness (QED) is 0.0852. The van der Waals surface area contributed by atoms with Gasteiger partial charge in [-0.15, -0.1) is 0 Å². The maximum absolute atomic E-state index is 13.9. The number of carbonyl (C=O) groups is 5. The molecule has 4 aliphatic rings. The summed E-state index contributed by atoms with van der Waals surface area (Å²) in [6.07, 6.45) is -0.0971. The van der Waals surface area contributed by atoms with E-state index in [9.17, 15) is 44.4 Å². The van der Waals surface area contributed by atoms with E-state index in [0.29, 0.717) is 55.6 Å². The molecule has 0 amide bonds. The van der Waals surface area contributed by atoms with Gasteiger partial charge in [0, 0.05) is 59.8 Å². The van der Waals surface area contributed by atoms with Crippen molar-refractivity contribution in [2.45, 2.75) is 37.5 Å². The Morgan fingerprint density at radius 2 is 0.662 bits per heavy atom. The highest BCUT2D eigenvalue weighted by Gasteiger charge is 2.42. The third-order valence-corrected chi connectivity index (χ3v) is 12.8. The lowest BCUT2D eigenvalue weighted by Gasteiger charge is -2.30. The molecule has 10 heteroatoms. The Hall–Kier alpha value is -8.37. The summed E-state index contributed by atoms with van der Waals surface area (Å²) in [6.45, 7) is 0. The van der Waals surface area contributed by atoms with Crippen LogP contribution in [0.1, 0.15) is 77.8 Å². The number of rotatable bonds is 8. The second-order valence-corrected chi connectivity index (χ2v) is 16.5. The molecule has 0 heterocycles. The largest absolute Gasteiger partial charge is 0.507 e. The first-order chi connectivity index (χ1) is 31.5. The average molecular weight is 859 g/mol. The molecule has 318 valence electrons. The molecule has 65 heavy (non-hydrogen) atoms. The summed E-state index contributed by atoms with van der Waals surface area (Å²) in [5.41, 5.74) is 5.03. The van der Waals surface area contributed by atoms with Crippen molar-refractivity contribution in [2.75, 3.05) is 0 Å². The number of carbonyl (C=O) groups excluding carboxylic acids is 5. The van der Waals surface area contributed by atoms with Crippen molar-refractivity contribution in [3.8, 4) is 5.75 Å². The highest BCUT2D eigenvalue weighted by atomic mass is 16.5. The van der Waals surface area contributed by atoms with Gasteiger partial charge in [0.25, 0.3) is 0 Å². The van der Waals surface area contributed by atoms with Gasteiger partial charge in [-0.1, -0.05) is 121 Å². The zero-order chi connectivity index (χ0) is 45.1. The number of hydrogen-bond acceptors (Lipinski definition) is 10. The number of esters is 1. The Morgan fingerprint density at radius 3 is 0.969 bits per heavy atom. The summed E-state index contributed by atoms with van der Waals surface area (Å²) < 4.78 is 5.78. The molecule has 0 saturated heterocycles. The van der Waals surface area contributed by atoms with Gasteiger partial charge in [0.2, 0.25) is 0 Å². The fraction of sp³-hybridized carbons (Fsp3) is 0.109. The lowest BCUT2D eigenvalue weighted by molar-refractivity contribution is -0.117. The molecule has 0 bridgehead atoms. The molecular weight excluding hydrogens is 821 g/mol. The van der Waals surface area contributed by atoms with Crippen molar-refractivity contribution in [1.29, 1.82) is 0 Å². The summed E-state index contributed by atoms with van der Waals surface area (Å²) in [7, 11) is 0. The number of allylic oxidation sites excluding steroid dienone is 4. The van der Waals surface area contributed by atoms with Crippen molar-refractivity contribution in [1.82, 2.24) is 0 Å². The van der Waals surface area contributed by atoms with Gasteiger partial charge in [0.05, 0.1) is 27.9 Å². The topological polar surface area (TPSA) is 176 Å². The minimum absolute atomic E-state index is 0.0217. The van der Waals surface area contributed by atoms with Crippen LogP contribution in [0, 0.1) is 0 Å². The van der Waals surface area contributed by atoms with Crippen molar-refractivity contribution in [3.63, 3.8) is 0 Å². The van der Waals surface area contributed by atoms with Gasteiger partial charge in [0.15, 0.2) is 23.1 Å². The summed E-state index contributed by atoms with van der Waals surface area (Å²) in [5.74, 6) is -5.81. The molecule has 0 aliphatic heterocycles. The minimum Gasteiger partial charge on any atom is -0.507 e. The molecule has 10 rings (SSSR count). The first-order valence-electron chi connectivity index (χ1n) is 21.1. The molecule has 0 spiro atoms. The maximum Gasteiger partial charge on any atom is 0.343 e. The summed E-state index contributed by atoms with van der Waals surface area (Å²) >= 11 is 0. The number of aliphatic hydroxyl groups is 4. The van der Waals surface area contributed by atoms with E-state index in [1.165, 1.54) is 24.3 Å². The Morgan fingerprint density at radius 1 is 0.385 bits per heavy atom. The van der Waals surface area contributed by atoms with E-state index in [0.717, 1.165) is 0 Å². The highest BCUT2D eigenvalue weighted by molar-refractivity contribution is 6.15. The molecule has 0 saturated carbocycles. The van der Waals surface area contributed by atoms with Crippen LogP contribution in [0.4, 0.5) is 0 Å². The standard InChI is InChI=1S/C55H38O10/c56-41-25-32-9-1-5-13-37(32)51(60)47(41)45(48-42(57)26-33-10-2-6-14-38(33)52(48)61)29-17-19-31(20-18-29)55(64)65-36-23-21-30(22-24-36)46(49-43(58)27-34-11-3-7-15-39(34)53(49)62)50-44(59)28-35-12-4-8-16-40(35)54(50)63/h1-24,45-46,60-63H,25-28H2. The molecule has 4 aliphatic carbocycles. The van der Waals surface area contributed by atoms with Gasteiger partial charge < -0.3 is 25.2 Å². The van der Waals surface area contributed by atoms with Crippen LogP contribution in [-0.2, 0) is 44.9 Å². The highest BCUT2D eigenvalue weighted by Crippen LogP contribution is 2.47. The Balaban J connectivity index is 0.990. The van der Waals surface area contributed by atoms with E-state index in [1.807, 2.05) is 0 Å². The molecule has 0 fully saturated rings. The fourth-order valence-corrected chi connectivity index (χ4v) is 9.66. The van der Waals surface area contributed by atoms with Crippen LogP contribution >= 0.6 is 0 Å². The van der Waals surface area contributed by atoms with E-state index in [2.05, 4.69) is 0 Å². The van der Waals surface area contributed by atoms with Crippen LogP contribution in [-0.4, -0.2) is 49.5 Å². The Labute approximate surface area is 372 Å². The monoisotopic (exact) mass is 858 g/mol. The molecule has 6 aromatic carbocycles. The summed E-state index contributed by atoms with van der Waals surface area (Å²) in [6, 6.07) is 40.0. The SMILES string of the molecule is O=C1Cc2ccccc2C(O)=C1C(C1=C(O)c2ccccc2CC1=O)c1ccc(OC(=O)c2ccc(C(C3=C(O)c4ccccc4CC3=O)C3=C(O)c4ccccc4CC3=O)cc2)cc1. The zero-order valence-electron chi connectivity index (χ0n) is 34.6. The smallest absolute Gasteiger partial charge is 0.343 e. The van der Waals surface area contributed by atoms with Gasteiger partial charge in [-0.2, -0.15) is 0 Å². The van der Waals surface area contributed by atoms with E-state index in [1.54, 1.807) is 121 Å². The first-order valence-corrected chi connectivity index (χ1v) is 21.1. The van der Waals surface area contributed by atoms with Crippen molar-refractivity contribution >= 4 is 52.1 Å². The lowest BCUT2D eigenvalue weighted by Crippen LogP contribution is -2.28. The van der Waals surface area contributed by atoms with Crippen LogP contribution in [0.5, 0.6) is 5.75 Å². The zero-order valence-corrected chi connectivity index (χ0v) is 34.6. The molecule has 6 aromatic rings. The van der Waals surface area contributed by atoms with Gasteiger partial charge in [-0.25, -0.2) is 4.79 Å². The average Bonchev–Trinajstić information content (AvgIpc) is 3.31. The van der Waals surface area contributed by atoms with Gasteiger partial charge >= 0.3 is 5.97 Å². The van der Waals surface area contributed by atoms with Gasteiger partial charge in [0.1, 0.15) is 28.8 Å². The lowest BCUT2D eigenvalue weighted by atomic mass is 9.72. The number of hydrogen-bond donors (Lipinski definition) is 4. The van der Waals surface area contributed by atoms with Crippen LogP contribution in [0.15, 0.2) is 168 Å². The molecule has 0 aromatic heterocycles. The van der Waals surface area contributed by atoms with Gasteiger partial charge in [-0.05, 0) is 57.6 Å². The van der Waals surface area contributed by atoms with Crippen LogP contribution in [0.2, 0.25) is 0 Å². The van der Waals surface area contributed by atoms with Crippen molar-refractivity contribution in [2.24, 2.45) is 0 Å². The molecule has 0 atom stereocenters. The van der Waals surface area contributed by atoms with E-state index < -0.39 is 40.9 Å². The first kappa shape index (κ1) is 40.7. The second-order valence-electron chi connectivity index (χ2n) is 16.5. The number of benzene rings is 6. The van der Waals surface area contributed by atoms with E-state index in [4.69, 9.17) is 4.74 Å². The number of fused-ring (bicyclic) bond motifs is 4. The molecule has 10 nitrogen and oxygen atoms in total. The molecule has 4 N–H and O–H groups in total. The summed E-state index contributed by atoms with van der Waals surface area (Å²) in [5, 5.41) is 46.7. The predicted molar refractivity (Wildman–Crippen MR) is 242 cm³/mol. The second kappa shape index (κ2) is 16.1. The van der Waals surface area contributed by atoms with Gasteiger partial charge in [-0.3, -0.25) is 19.2 Å². The Kier molecular flexibility index (Phi) is 10.1. The van der Waals surface area contributed by atoms with E-state index >= 15 is 0 Å². The predicted octanol–water partition coefficient (Wildman–Crippen LogP) is 9.45. The minimum atomic E-state index is -1.18. The number of ether oxygens (including phenoxy) is 1. The third-order valence-electron chi connectivity index (χ3n) is 12.8. The van der Waals surface area contributed by atoms with Crippen LogP contribution in [0.25, 0.3) is 23.0 Å². The third kappa shape index (κ3) is 6.96. The fourth-order valence-electron chi connectivity index (χ4n) is 9.66. The number of Topliss-reactive ketones (excluding diaryl/α,β-unsaturated/α-hetero) is 4. The Bertz CT molecular complexity index is 3030. The van der Waals surface area contributed by atoms with E-state index in [-0.39, 0.29) is 82.3 Å².